The van der Waals surface area contributed by atoms with Gasteiger partial charge in [0.25, 0.3) is 0 Å². The molecule has 1 aromatic carbocycles. The number of hydrogen-bond donors (Lipinski definition) is 0. The Morgan fingerprint density at radius 1 is 1.00 bits per heavy atom. The molecule has 1 saturated carbocycles. The van der Waals surface area contributed by atoms with Crippen molar-refractivity contribution in [2.45, 2.75) is 38.2 Å². The second kappa shape index (κ2) is 4.12. The molecule has 0 heterocycles. The Bertz CT molecular complexity index is 1080. The summed E-state index contributed by atoms with van der Waals surface area (Å²) in [4.78, 5) is 0. The third-order valence-electron chi connectivity index (χ3n) is 3.19. The molecule has 0 nitrogen and oxygen atoms in total. The molecule has 0 aliphatic heterocycles. The number of aryl methyl sites for hydroxylation is 1. The average Bonchev–Trinajstić information content (AvgIpc) is 2.67. The SMILES string of the molecule is [2H]C1([2H])C2=CC=C3c4ccccc4C([2H])([2H])C([2H])([2H])C3([2H])C2([2H])C([2H])([2H])C([2H])([2H])C1([2H])[2H]. The highest BCUT2D eigenvalue weighted by atomic mass is 14.4. The van der Waals surface area contributed by atoms with Crippen molar-refractivity contribution in [2.75, 3.05) is 0 Å². The summed E-state index contributed by atoms with van der Waals surface area (Å²) in [7, 11) is 0. The van der Waals surface area contributed by atoms with Gasteiger partial charge in [-0.2, -0.15) is 0 Å². The molecule has 3 aliphatic rings. The van der Waals surface area contributed by atoms with Gasteiger partial charge >= 0.3 is 0 Å². The van der Waals surface area contributed by atoms with Crippen molar-refractivity contribution in [1.82, 2.24) is 0 Å². The summed E-state index contributed by atoms with van der Waals surface area (Å²) in [5.74, 6) is -6.52. The summed E-state index contributed by atoms with van der Waals surface area (Å²) in [6, 6.07) is 5.67. The lowest BCUT2D eigenvalue weighted by molar-refractivity contribution is 0.349. The highest BCUT2D eigenvalue weighted by Gasteiger charge is 2.34. The van der Waals surface area contributed by atoms with E-state index in [9.17, 15) is 1.37 Å². The van der Waals surface area contributed by atoms with Crippen LogP contribution in [0.25, 0.3) is 5.57 Å². The van der Waals surface area contributed by atoms with Gasteiger partial charge in [-0.15, -0.1) is 0 Å². The Morgan fingerprint density at radius 2 is 1.94 bits per heavy atom. The van der Waals surface area contributed by atoms with Crippen LogP contribution in [-0.4, -0.2) is 0 Å². The van der Waals surface area contributed by atoms with Crippen molar-refractivity contribution in [3.05, 3.63) is 53.1 Å². The largest absolute Gasteiger partial charge is 0.0665 e. The highest BCUT2D eigenvalue weighted by Crippen LogP contribution is 2.48. The molecule has 0 aromatic heterocycles. The van der Waals surface area contributed by atoms with E-state index in [4.69, 9.17) is 17.8 Å². The number of allylic oxidation sites excluding steroid dienone is 4. The van der Waals surface area contributed by atoms with Gasteiger partial charge in [0.1, 0.15) is 0 Å². The minimum absolute atomic E-state index is 0.0371. The van der Waals surface area contributed by atoms with Crippen LogP contribution in [0.5, 0.6) is 0 Å². The van der Waals surface area contributed by atoms with Gasteiger partial charge in [0.15, 0.2) is 0 Å². The summed E-state index contributed by atoms with van der Waals surface area (Å²) >= 11 is 0. The number of fused-ring (bicyclic) bond motifs is 5. The van der Waals surface area contributed by atoms with E-state index in [2.05, 4.69) is 0 Å². The number of benzene rings is 1. The lowest BCUT2D eigenvalue weighted by atomic mass is 9.65. The molecule has 18 heavy (non-hydrogen) atoms. The normalized spacial score (nSPS) is 66.0. The fourth-order valence-corrected chi connectivity index (χ4v) is 2.34. The van der Waals surface area contributed by atoms with Crippen molar-refractivity contribution in [1.29, 1.82) is 0 Å². The summed E-state index contributed by atoms with van der Waals surface area (Å²) in [6.07, 6.45) is -18.3. The van der Waals surface area contributed by atoms with E-state index in [0.717, 1.165) is 12.2 Å². The molecule has 4 rings (SSSR count). The second-order valence-electron chi connectivity index (χ2n) is 4.21. The van der Waals surface area contributed by atoms with Crippen molar-refractivity contribution in [3.8, 4) is 0 Å². The van der Waals surface area contributed by atoms with Gasteiger partial charge in [0.05, 0.1) is 0 Å². The molecule has 3 aliphatic carbocycles. The first kappa shape index (κ1) is 3.62. The lowest BCUT2D eigenvalue weighted by Crippen LogP contribution is -2.27. The van der Waals surface area contributed by atoms with Crippen LogP contribution in [0.2, 0.25) is 0 Å². The predicted molar refractivity (Wildman–Crippen MR) is 76.3 cm³/mol. The third-order valence-corrected chi connectivity index (χ3v) is 3.19. The van der Waals surface area contributed by atoms with E-state index in [-0.39, 0.29) is 16.7 Å². The molecular formula is C18H20. The van der Waals surface area contributed by atoms with Crippen LogP contribution in [0, 0.1) is 11.8 Å². The first-order valence-electron chi connectivity index (χ1n) is 12.7. The zero-order chi connectivity index (χ0) is 24.6. The third kappa shape index (κ3) is 1.51. The van der Waals surface area contributed by atoms with Crippen LogP contribution in [0.15, 0.2) is 42.0 Å². The second-order valence-corrected chi connectivity index (χ2v) is 4.21. The standard InChI is InChI=1S/C18H20/c1-3-7-15-13(5-1)9-11-18-16-8-4-2-6-14(16)10-12-17(15)18/h1,3,5,7,10,12,16,18H,2,4,6,8-9,11H2/i2D2,4D2,6D2,8D2,9D2,11D2,16D,18D. The first-order chi connectivity index (χ1) is 14.2. The van der Waals surface area contributed by atoms with Gasteiger partial charge in [-0.05, 0) is 60.4 Å². The van der Waals surface area contributed by atoms with E-state index in [1.807, 2.05) is 0 Å². The molecule has 0 bridgehead atoms. The van der Waals surface area contributed by atoms with E-state index in [1.165, 1.54) is 24.3 Å². The molecule has 1 fully saturated rings. The Morgan fingerprint density at radius 3 is 2.94 bits per heavy atom. The molecule has 92 valence electrons. The molecule has 1 aromatic rings. The maximum Gasteiger partial charge on any atom is 0.0359 e. The van der Waals surface area contributed by atoms with Crippen molar-refractivity contribution < 1.29 is 19.2 Å². The smallest absolute Gasteiger partial charge is 0.0359 e. The topological polar surface area (TPSA) is 0 Å². The first-order valence-corrected chi connectivity index (χ1v) is 5.74. The van der Waals surface area contributed by atoms with Crippen LogP contribution in [0.4, 0.5) is 0 Å². The Balaban J connectivity index is 2.22. The van der Waals surface area contributed by atoms with Crippen LogP contribution in [0.3, 0.4) is 0 Å². The van der Waals surface area contributed by atoms with E-state index in [1.54, 1.807) is 0 Å². The van der Waals surface area contributed by atoms with Crippen molar-refractivity contribution in [3.63, 3.8) is 0 Å². The van der Waals surface area contributed by atoms with Crippen molar-refractivity contribution in [2.24, 2.45) is 11.8 Å². The zero-order valence-electron chi connectivity index (χ0n) is 23.5. The molecule has 0 N–H and O–H groups in total. The highest BCUT2D eigenvalue weighted by molar-refractivity contribution is 5.75. The maximum absolute atomic E-state index is 9.22. The molecule has 0 radical (unpaired) electrons. The van der Waals surface area contributed by atoms with Crippen LogP contribution in [-0.2, 0) is 6.37 Å². The minimum atomic E-state index is -3.67. The van der Waals surface area contributed by atoms with Gasteiger partial charge < -0.3 is 0 Å². The predicted octanol–water partition coefficient (Wildman–Crippen LogP) is 4.76. The molecule has 0 spiro atoms. The summed E-state index contributed by atoms with van der Waals surface area (Å²) in [5.41, 5.74) is -1.31. The molecule has 0 saturated heterocycles. The van der Waals surface area contributed by atoms with Gasteiger partial charge in [-0.25, -0.2) is 0 Å². The maximum atomic E-state index is 9.22. The van der Waals surface area contributed by atoms with E-state index >= 15 is 0 Å². The van der Waals surface area contributed by atoms with Gasteiger partial charge in [0, 0.05) is 19.2 Å². The number of rotatable bonds is 0. The van der Waals surface area contributed by atoms with Gasteiger partial charge in [-0.1, -0.05) is 48.4 Å². The van der Waals surface area contributed by atoms with Crippen LogP contribution in [0.1, 0.15) is 62.2 Å². The average molecular weight is 250 g/mol. The van der Waals surface area contributed by atoms with Crippen LogP contribution < -0.4 is 0 Å². The molecular weight excluding hydrogens is 216 g/mol. The molecule has 2 atom stereocenters. The van der Waals surface area contributed by atoms with Gasteiger partial charge in [0.2, 0.25) is 0 Å². The molecule has 2 unspecified atom stereocenters. The van der Waals surface area contributed by atoms with Gasteiger partial charge in [-0.3, -0.25) is 0 Å². The fourth-order valence-electron chi connectivity index (χ4n) is 2.34. The Hall–Kier alpha value is -1.30. The van der Waals surface area contributed by atoms with Crippen molar-refractivity contribution >= 4 is 5.57 Å². The van der Waals surface area contributed by atoms with Crippen LogP contribution >= 0.6 is 0 Å². The monoisotopic (exact) mass is 250 g/mol. The Labute approximate surface area is 129 Å². The quantitative estimate of drug-likeness (QED) is 0.622. The summed E-state index contributed by atoms with van der Waals surface area (Å²) < 4.78 is 119. The molecule has 0 heteroatoms. The lowest BCUT2D eigenvalue weighted by Gasteiger charge is -2.40. The Kier molecular flexibility index (Phi) is 0.829. The van der Waals surface area contributed by atoms with E-state index < -0.39 is 55.6 Å². The van der Waals surface area contributed by atoms with E-state index in [0.29, 0.717) is 0 Å². The zero-order valence-corrected chi connectivity index (χ0v) is 9.46. The minimum Gasteiger partial charge on any atom is -0.0665 e. The fraction of sp³-hybridized carbons (Fsp3) is 0.444. The summed E-state index contributed by atoms with van der Waals surface area (Å²) in [6.45, 7) is 0. The molecule has 0 amide bonds. The number of hydrogen-bond acceptors (Lipinski definition) is 0. The summed E-state index contributed by atoms with van der Waals surface area (Å²) in [5, 5.41) is 0.